The molecule has 1 heterocycles. The molecule has 0 bridgehead atoms. The third-order valence-electron chi connectivity index (χ3n) is 3.99. The van der Waals surface area contributed by atoms with Crippen LogP contribution in [-0.2, 0) is 22.2 Å². The van der Waals surface area contributed by atoms with Crippen LogP contribution in [0.4, 0.5) is 18.9 Å². The number of amides is 2. The van der Waals surface area contributed by atoms with Gasteiger partial charge in [-0.25, -0.2) is 4.98 Å². The molecule has 0 unspecified atom stereocenters. The number of halogens is 3. The molecule has 5 nitrogen and oxygen atoms in total. The lowest BCUT2D eigenvalue weighted by Crippen LogP contribution is -2.39. The molecule has 2 aromatic rings. The van der Waals surface area contributed by atoms with Crippen molar-refractivity contribution < 1.29 is 22.8 Å². The molecule has 2 N–H and O–H groups in total. The zero-order valence-corrected chi connectivity index (χ0v) is 12.9. The molecular weight excluding hydrogens is 335 g/mol. The first kappa shape index (κ1) is 16.9. The Morgan fingerprint density at radius 2 is 1.88 bits per heavy atom. The molecule has 0 spiro atoms. The lowest BCUT2D eigenvalue weighted by atomic mass is 9.77. The molecule has 0 fully saturated rings. The normalized spacial score (nSPS) is 15.7. The summed E-state index contributed by atoms with van der Waals surface area (Å²) in [7, 11) is 0. The quantitative estimate of drug-likeness (QED) is 0.837. The highest BCUT2D eigenvalue weighted by atomic mass is 19.4. The number of pyridine rings is 1. The SMILES string of the molecule is O=C(NC[C@H]1Cc2ccccc21)C(=O)Nc1ccc(C(F)(F)F)nc1. The first-order valence-corrected chi connectivity index (χ1v) is 7.55. The Labute approximate surface area is 141 Å². The van der Waals surface area contributed by atoms with Gasteiger partial charge >= 0.3 is 18.0 Å². The molecule has 1 aliphatic rings. The number of alkyl halides is 3. The van der Waals surface area contributed by atoms with Crippen LogP contribution in [0.2, 0.25) is 0 Å². The summed E-state index contributed by atoms with van der Waals surface area (Å²) >= 11 is 0. The van der Waals surface area contributed by atoms with Crippen molar-refractivity contribution in [3.05, 3.63) is 59.4 Å². The first-order chi connectivity index (χ1) is 11.8. The molecular formula is C17H14F3N3O2. The fraction of sp³-hybridized carbons (Fsp3) is 0.235. The van der Waals surface area contributed by atoms with Crippen LogP contribution in [0.1, 0.15) is 22.7 Å². The Bertz CT molecular complexity index is 804. The van der Waals surface area contributed by atoms with E-state index in [-0.39, 0.29) is 11.6 Å². The first-order valence-electron chi connectivity index (χ1n) is 7.55. The number of aromatic nitrogens is 1. The van der Waals surface area contributed by atoms with Gasteiger partial charge in [0.2, 0.25) is 0 Å². The van der Waals surface area contributed by atoms with Crippen molar-refractivity contribution >= 4 is 17.5 Å². The molecule has 0 saturated heterocycles. The smallest absolute Gasteiger partial charge is 0.347 e. The molecule has 1 aromatic heterocycles. The van der Waals surface area contributed by atoms with E-state index >= 15 is 0 Å². The van der Waals surface area contributed by atoms with Crippen LogP contribution >= 0.6 is 0 Å². The van der Waals surface area contributed by atoms with Gasteiger partial charge in [0.25, 0.3) is 0 Å². The second-order valence-electron chi connectivity index (χ2n) is 5.69. The van der Waals surface area contributed by atoms with E-state index < -0.39 is 23.7 Å². The van der Waals surface area contributed by atoms with Crippen molar-refractivity contribution in [2.75, 3.05) is 11.9 Å². The van der Waals surface area contributed by atoms with Crippen LogP contribution in [-0.4, -0.2) is 23.3 Å². The van der Waals surface area contributed by atoms with Gasteiger partial charge in [-0.2, -0.15) is 13.2 Å². The van der Waals surface area contributed by atoms with Crippen LogP contribution in [0.3, 0.4) is 0 Å². The van der Waals surface area contributed by atoms with Crippen molar-refractivity contribution in [2.45, 2.75) is 18.5 Å². The third-order valence-corrected chi connectivity index (χ3v) is 3.99. The number of hydrogen-bond acceptors (Lipinski definition) is 3. The van der Waals surface area contributed by atoms with Crippen molar-refractivity contribution in [2.24, 2.45) is 0 Å². The van der Waals surface area contributed by atoms with Crippen LogP contribution in [0.15, 0.2) is 42.6 Å². The van der Waals surface area contributed by atoms with Crippen LogP contribution < -0.4 is 10.6 Å². The second kappa shape index (κ2) is 6.54. The van der Waals surface area contributed by atoms with Crippen molar-refractivity contribution in [3.63, 3.8) is 0 Å². The summed E-state index contributed by atoms with van der Waals surface area (Å²) in [5.41, 5.74) is 1.32. The van der Waals surface area contributed by atoms with Gasteiger partial charge in [-0.15, -0.1) is 0 Å². The highest BCUT2D eigenvalue weighted by Crippen LogP contribution is 2.34. The molecule has 130 valence electrons. The van der Waals surface area contributed by atoms with Gasteiger partial charge in [0, 0.05) is 12.5 Å². The van der Waals surface area contributed by atoms with Gasteiger partial charge in [-0.05, 0) is 29.7 Å². The number of nitrogens with zero attached hydrogens (tertiary/aromatic N) is 1. The number of carbonyl (C=O) groups excluding carboxylic acids is 2. The summed E-state index contributed by atoms with van der Waals surface area (Å²) in [5, 5.41) is 4.75. The maximum atomic E-state index is 12.4. The molecule has 1 atom stereocenters. The average Bonchev–Trinajstić information content (AvgIpc) is 2.55. The predicted octanol–water partition coefficient (Wildman–Crippen LogP) is 2.50. The Kier molecular flexibility index (Phi) is 4.43. The van der Waals surface area contributed by atoms with E-state index in [1.807, 2.05) is 24.3 Å². The van der Waals surface area contributed by atoms with Crippen LogP contribution in [0, 0.1) is 0 Å². The van der Waals surface area contributed by atoms with Gasteiger partial charge in [0.15, 0.2) is 0 Å². The Hall–Kier alpha value is -2.90. The van der Waals surface area contributed by atoms with E-state index in [9.17, 15) is 22.8 Å². The van der Waals surface area contributed by atoms with Crippen molar-refractivity contribution in [1.29, 1.82) is 0 Å². The summed E-state index contributed by atoms with van der Waals surface area (Å²) in [5.74, 6) is -1.63. The fourth-order valence-electron chi connectivity index (χ4n) is 2.66. The Morgan fingerprint density at radius 3 is 2.52 bits per heavy atom. The largest absolute Gasteiger partial charge is 0.433 e. The number of anilines is 1. The number of fused-ring (bicyclic) bond motifs is 1. The summed E-state index contributed by atoms with van der Waals surface area (Å²) in [4.78, 5) is 26.8. The number of carbonyl (C=O) groups is 2. The van der Waals surface area contributed by atoms with Gasteiger partial charge in [0.05, 0.1) is 11.9 Å². The van der Waals surface area contributed by atoms with E-state index in [4.69, 9.17) is 0 Å². The Morgan fingerprint density at radius 1 is 1.12 bits per heavy atom. The number of benzene rings is 1. The molecule has 1 aromatic carbocycles. The van der Waals surface area contributed by atoms with Crippen LogP contribution in [0.25, 0.3) is 0 Å². The van der Waals surface area contributed by atoms with Crippen LogP contribution in [0.5, 0.6) is 0 Å². The predicted molar refractivity (Wildman–Crippen MR) is 83.8 cm³/mol. The van der Waals surface area contributed by atoms with Gasteiger partial charge in [-0.3, -0.25) is 9.59 Å². The van der Waals surface area contributed by atoms with E-state index in [0.29, 0.717) is 6.54 Å². The Balaban J connectivity index is 1.51. The molecule has 0 saturated carbocycles. The number of hydrogen-bond donors (Lipinski definition) is 2. The summed E-state index contributed by atoms with van der Waals surface area (Å²) in [6.07, 6.45) is -2.87. The molecule has 8 heteroatoms. The van der Waals surface area contributed by atoms with E-state index in [1.165, 1.54) is 5.56 Å². The summed E-state index contributed by atoms with van der Waals surface area (Å²) in [6, 6.07) is 9.62. The molecule has 25 heavy (non-hydrogen) atoms. The second-order valence-corrected chi connectivity index (χ2v) is 5.69. The summed E-state index contributed by atoms with van der Waals surface area (Å²) < 4.78 is 37.3. The lowest BCUT2D eigenvalue weighted by molar-refractivity contribution is -0.141. The van der Waals surface area contributed by atoms with E-state index in [1.54, 1.807) is 0 Å². The zero-order valence-electron chi connectivity index (χ0n) is 12.9. The third kappa shape index (κ3) is 3.78. The average molecular weight is 349 g/mol. The van der Waals surface area contributed by atoms with E-state index in [0.717, 1.165) is 30.3 Å². The summed E-state index contributed by atoms with van der Waals surface area (Å²) in [6.45, 7) is 0.328. The van der Waals surface area contributed by atoms with Crippen molar-refractivity contribution in [1.82, 2.24) is 10.3 Å². The topological polar surface area (TPSA) is 71.1 Å². The minimum Gasteiger partial charge on any atom is -0.347 e. The number of nitrogens with one attached hydrogen (secondary N) is 2. The zero-order chi connectivity index (χ0) is 18.0. The van der Waals surface area contributed by atoms with Crippen molar-refractivity contribution in [3.8, 4) is 0 Å². The molecule has 0 aliphatic heterocycles. The molecule has 2 amide bonds. The highest BCUT2D eigenvalue weighted by molar-refractivity contribution is 6.39. The monoisotopic (exact) mass is 349 g/mol. The van der Waals surface area contributed by atoms with Gasteiger partial charge in [-0.1, -0.05) is 24.3 Å². The van der Waals surface area contributed by atoms with E-state index in [2.05, 4.69) is 15.6 Å². The standard InChI is InChI=1S/C17H14F3N3O2/c18-17(19,20)14-6-5-12(9-21-14)23-16(25)15(24)22-8-11-7-10-3-1-2-4-13(10)11/h1-6,9,11H,7-8H2,(H,22,24)(H,23,25)/t11-/m1/s1. The maximum absolute atomic E-state index is 12.4. The molecule has 3 rings (SSSR count). The van der Waals surface area contributed by atoms with Gasteiger partial charge < -0.3 is 10.6 Å². The van der Waals surface area contributed by atoms with Gasteiger partial charge in [0.1, 0.15) is 5.69 Å². The lowest BCUT2D eigenvalue weighted by Gasteiger charge is -2.30. The minimum atomic E-state index is -4.56. The fourth-order valence-corrected chi connectivity index (χ4v) is 2.66. The maximum Gasteiger partial charge on any atom is 0.433 e. The molecule has 0 radical (unpaired) electrons. The highest BCUT2D eigenvalue weighted by Gasteiger charge is 2.32. The number of rotatable bonds is 3. The molecule has 1 aliphatic carbocycles. The minimum absolute atomic E-state index is 0.0159.